The van der Waals surface area contributed by atoms with Crippen LogP contribution in [0.25, 0.3) is 0 Å². The molecule has 106 valence electrons. The fourth-order valence-corrected chi connectivity index (χ4v) is 1.20. The third-order valence-electron chi connectivity index (χ3n) is 2.32. The van der Waals surface area contributed by atoms with Crippen LogP contribution in [0.3, 0.4) is 0 Å². The number of carbonyl (C=O) groups is 2. The van der Waals surface area contributed by atoms with Crippen LogP contribution in [0.5, 0.6) is 0 Å². The summed E-state index contributed by atoms with van der Waals surface area (Å²) in [7, 11) is 0. The van der Waals surface area contributed by atoms with E-state index in [0.717, 1.165) is 12.8 Å². The Kier molecular flexibility index (Phi) is 6.73. The standard InChI is InChI=1S/C13H24O5/c1-7-10(8-2)16-12(15)18-13(5,6)17-11(14)9(3)4/h9-10H,7-8H2,1-6H3. The maximum atomic E-state index is 11.5. The molecule has 0 spiro atoms. The normalized spacial score (nSPS) is 11.6. The van der Waals surface area contributed by atoms with E-state index in [2.05, 4.69) is 0 Å². The second-order valence-electron chi connectivity index (χ2n) is 4.88. The molecule has 0 aliphatic carbocycles. The van der Waals surface area contributed by atoms with Gasteiger partial charge in [-0.25, -0.2) is 4.79 Å². The van der Waals surface area contributed by atoms with Crippen molar-refractivity contribution in [2.75, 3.05) is 0 Å². The minimum absolute atomic E-state index is 0.172. The van der Waals surface area contributed by atoms with Gasteiger partial charge in [0.1, 0.15) is 6.10 Å². The molecule has 0 heterocycles. The molecule has 5 nitrogen and oxygen atoms in total. The van der Waals surface area contributed by atoms with Crippen molar-refractivity contribution in [1.29, 1.82) is 0 Å². The lowest BCUT2D eigenvalue weighted by atomic mass is 10.2. The van der Waals surface area contributed by atoms with Crippen LogP contribution in [0.15, 0.2) is 0 Å². The van der Waals surface area contributed by atoms with Crippen molar-refractivity contribution in [1.82, 2.24) is 0 Å². The summed E-state index contributed by atoms with van der Waals surface area (Å²) in [6.45, 7) is 10.3. The van der Waals surface area contributed by atoms with Crippen molar-refractivity contribution in [2.45, 2.75) is 66.3 Å². The van der Waals surface area contributed by atoms with E-state index in [9.17, 15) is 9.59 Å². The minimum Gasteiger partial charge on any atom is -0.431 e. The van der Waals surface area contributed by atoms with Gasteiger partial charge in [0.2, 0.25) is 0 Å². The molecule has 0 bridgehead atoms. The Labute approximate surface area is 109 Å². The van der Waals surface area contributed by atoms with Gasteiger partial charge in [0.25, 0.3) is 5.79 Å². The zero-order chi connectivity index (χ0) is 14.3. The van der Waals surface area contributed by atoms with Crippen LogP contribution in [-0.4, -0.2) is 24.0 Å². The Bertz CT molecular complexity index is 279. The van der Waals surface area contributed by atoms with E-state index >= 15 is 0 Å². The Hall–Kier alpha value is -1.26. The van der Waals surface area contributed by atoms with Gasteiger partial charge in [0.05, 0.1) is 5.92 Å². The van der Waals surface area contributed by atoms with Crippen LogP contribution in [0, 0.1) is 5.92 Å². The highest BCUT2D eigenvalue weighted by Gasteiger charge is 2.30. The lowest BCUT2D eigenvalue weighted by Crippen LogP contribution is -2.36. The zero-order valence-corrected chi connectivity index (χ0v) is 12.1. The Morgan fingerprint density at radius 2 is 1.56 bits per heavy atom. The molecule has 0 unspecified atom stereocenters. The fourth-order valence-electron chi connectivity index (χ4n) is 1.20. The monoisotopic (exact) mass is 260 g/mol. The summed E-state index contributed by atoms with van der Waals surface area (Å²) in [5.74, 6) is -2.01. The number of hydrogen-bond acceptors (Lipinski definition) is 5. The lowest BCUT2D eigenvalue weighted by Gasteiger charge is -2.26. The van der Waals surface area contributed by atoms with Crippen LogP contribution >= 0.6 is 0 Å². The maximum absolute atomic E-state index is 11.5. The Morgan fingerprint density at radius 1 is 1.06 bits per heavy atom. The number of carbonyl (C=O) groups excluding carboxylic acids is 2. The van der Waals surface area contributed by atoms with E-state index in [1.165, 1.54) is 13.8 Å². The largest absolute Gasteiger partial charge is 0.511 e. The van der Waals surface area contributed by atoms with Gasteiger partial charge >= 0.3 is 12.1 Å². The van der Waals surface area contributed by atoms with Crippen molar-refractivity contribution in [3.8, 4) is 0 Å². The predicted molar refractivity (Wildman–Crippen MR) is 66.9 cm³/mol. The molecule has 0 saturated carbocycles. The molecule has 0 fully saturated rings. The minimum atomic E-state index is -1.32. The average Bonchev–Trinajstić information content (AvgIpc) is 2.24. The molecule has 0 atom stereocenters. The van der Waals surface area contributed by atoms with Gasteiger partial charge in [-0.3, -0.25) is 4.79 Å². The molecule has 0 aliphatic heterocycles. The molecule has 0 rings (SSSR count). The third-order valence-corrected chi connectivity index (χ3v) is 2.32. The molecule has 0 aromatic heterocycles. The summed E-state index contributed by atoms with van der Waals surface area (Å²) in [4.78, 5) is 22.9. The van der Waals surface area contributed by atoms with E-state index in [4.69, 9.17) is 14.2 Å². The predicted octanol–water partition coefficient (Wildman–Crippen LogP) is 3.26. The van der Waals surface area contributed by atoms with Crippen molar-refractivity contribution < 1.29 is 23.8 Å². The Balaban J connectivity index is 4.31. The molecule has 18 heavy (non-hydrogen) atoms. The molecule has 0 radical (unpaired) electrons. The Morgan fingerprint density at radius 3 is 1.94 bits per heavy atom. The average molecular weight is 260 g/mol. The van der Waals surface area contributed by atoms with Crippen molar-refractivity contribution >= 4 is 12.1 Å². The third kappa shape index (κ3) is 6.47. The quantitative estimate of drug-likeness (QED) is 0.542. The highest BCUT2D eigenvalue weighted by molar-refractivity contribution is 5.72. The number of hydrogen-bond donors (Lipinski definition) is 0. The number of ether oxygens (including phenoxy) is 3. The zero-order valence-electron chi connectivity index (χ0n) is 12.1. The smallest absolute Gasteiger partial charge is 0.431 e. The highest BCUT2D eigenvalue weighted by Crippen LogP contribution is 2.16. The maximum Gasteiger partial charge on any atom is 0.511 e. The van der Waals surface area contributed by atoms with Crippen molar-refractivity contribution in [3.63, 3.8) is 0 Å². The van der Waals surface area contributed by atoms with Gasteiger partial charge in [-0.2, -0.15) is 0 Å². The highest BCUT2D eigenvalue weighted by atomic mass is 16.8. The first kappa shape index (κ1) is 16.7. The first-order chi connectivity index (χ1) is 8.21. The lowest BCUT2D eigenvalue weighted by molar-refractivity contribution is -0.205. The molecule has 0 aromatic rings. The van der Waals surface area contributed by atoms with Gasteiger partial charge in [0, 0.05) is 13.8 Å². The van der Waals surface area contributed by atoms with Gasteiger partial charge in [0.15, 0.2) is 0 Å². The molecule has 0 aliphatic rings. The first-order valence-electron chi connectivity index (χ1n) is 6.34. The second-order valence-corrected chi connectivity index (χ2v) is 4.88. The van der Waals surface area contributed by atoms with Gasteiger partial charge in [-0.05, 0) is 12.8 Å². The van der Waals surface area contributed by atoms with Crippen LogP contribution in [0.1, 0.15) is 54.4 Å². The SMILES string of the molecule is CCC(CC)OC(=O)OC(C)(C)OC(=O)C(C)C. The summed E-state index contributed by atoms with van der Waals surface area (Å²) in [5.41, 5.74) is 0. The number of rotatable bonds is 6. The summed E-state index contributed by atoms with van der Waals surface area (Å²) in [6.07, 6.45) is 0.453. The molecular formula is C13H24O5. The van der Waals surface area contributed by atoms with Gasteiger partial charge in [-0.1, -0.05) is 27.7 Å². The number of esters is 1. The topological polar surface area (TPSA) is 61.8 Å². The first-order valence-corrected chi connectivity index (χ1v) is 6.34. The molecule has 0 aromatic carbocycles. The molecule has 5 heteroatoms. The molecule has 0 N–H and O–H groups in total. The summed E-state index contributed by atoms with van der Waals surface area (Å²) in [6, 6.07) is 0. The van der Waals surface area contributed by atoms with Crippen LogP contribution in [0.2, 0.25) is 0 Å². The molecule has 0 saturated heterocycles. The molecule has 0 amide bonds. The second kappa shape index (κ2) is 7.24. The summed E-state index contributed by atoms with van der Waals surface area (Å²) < 4.78 is 15.1. The van der Waals surface area contributed by atoms with Crippen molar-refractivity contribution in [3.05, 3.63) is 0 Å². The summed E-state index contributed by atoms with van der Waals surface area (Å²) in [5, 5.41) is 0. The summed E-state index contributed by atoms with van der Waals surface area (Å²) >= 11 is 0. The van der Waals surface area contributed by atoms with Gasteiger partial charge in [-0.15, -0.1) is 0 Å². The van der Waals surface area contributed by atoms with E-state index in [-0.39, 0.29) is 12.0 Å². The molecular weight excluding hydrogens is 236 g/mol. The van der Waals surface area contributed by atoms with E-state index < -0.39 is 17.9 Å². The van der Waals surface area contributed by atoms with Crippen LogP contribution in [0.4, 0.5) is 4.79 Å². The van der Waals surface area contributed by atoms with E-state index in [0.29, 0.717) is 0 Å². The van der Waals surface area contributed by atoms with E-state index in [1.807, 2.05) is 13.8 Å². The van der Waals surface area contributed by atoms with Crippen molar-refractivity contribution in [2.24, 2.45) is 5.92 Å². The van der Waals surface area contributed by atoms with Gasteiger partial charge < -0.3 is 14.2 Å². The van der Waals surface area contributed by atoms with Crippen LogP contribution in [-0.2, 0) is 19.0 Å². The fraction of sp³-hybridized carbons (Fsp3) is 0.846. The van der Waals surface area contributed by atoms with E-state index in [1.54, 1.807) is 13.8 Å². The van der Waals surface area contributed by atoms with Crippen LogP contribution < -0.4 is 0 Å².